The Hall–Kier alpha value is -4.06. The largest absolute Gasteiger partial charge is 0.348 e. The van der Waals surface area contributed by atoms with E-state index < -0.39 is 0 Å². The maximum atomic E-state index is 12.4. The average molecular weight is 395 g/mol. The fraction of sp³-hybridized carbons (Fsp3) is 0.0833. The minimum absolute atomic E-state index is 0.215. The number of rotatable bonds is 7. The quantitative estimate of drug-likeness (QED) is 0.509. The van der Waals surface area contributed by atoms with E-state index in [0.717, 1.165) is 16.8 Å². The lowest BCUT2D eigenvalue weighted by Crippen LogP contribution is -2.24. The molecular weight excluding hydrogens is 374 g/mol. The van der Waals surface area contributed by atoms with E-state index in [-0.39, 0.29) is 5.91 Å². The summed E-state index contributed by atoms with van der Waals surface area (Å²) in [6.45, 7) is 1.05. The lowest BCUT2D eigenvalue weighted by atomic mass is 10.2. The Morgan fingerprint density at radius 3 is 2.10 bits per heavy atom. The molecule has 0 unspecified atom stereocenters. The first-order valence-corrected chi connectivity index (χ1v) is 9.65. The first-order chi connectivity index (χ1) is 14.8. The topological polar surface area (TPSA) is 71.0 Å². The third-order valence-corrected chi connectivity index (χ3v) is 4.60. The van der Waals surface area contributed by atoms with Crippen LogP contribution in [0.15, 0.2) is 97.6 Å². The molecule has 6 nitrogen and oxygen atoms in total. The van der Waals surface area contributed by atoms with Crippen LogP contribution in [0.25, 0.3) is 0 Å². The van der Waals surface area contributed by atoms with E-state index in [2.05, 4.69) is 32.4 Å². The number of benzene rings is 2. The highest BCUT2D eigenvalue weighted by molar-refractivity contribution is 5.93. The zero-order chi connectivity index (χ0) is 20.6. The summed E-state index contributed by atoms with van der Waals surface area (Å²) >= 11 is 0. The van der Waals surface area contributed by atoms with Crippen molar-refractivity contribution in [1.29, 1.82) is 0 Å². The molecule has 2 heterocycles. The van der Waals surface area contributed by atoms with Crippen LogP contribution in [-0.2, 0) is 13.1 Å². The van der Waals surface area contributed by atoms with Crippen molar-refractivity contribution in [3.05, 3.63) is 114 Å². The number of hydrogen-bond donors (Lipinski definition) is 1. The molecule has 1 N–H and O–H groups in total. The smallest absolute Gasteiger partial charge is 0.254 e. The van der Waals surface area contributed by atoms with Crippen LogP contribution in [0.3, 0.4) is 0 Å². The highest BCUT2D eigenvalue weighted by Crippen LogP contribution is 2.24. The van der Waals surface area contributed by atoms with Crippen LogP contribution in [-0.4, -0.2) is 20.9 Å². The summed E-state index contributed by atoms with van der Waals surface area (Å²) in [5.74, 6) is 0.323. The van der Waals surface area contributed by atoms with Gasteiger partial charge in [0.25, 0.3) is 5.91 Å². The maximum absolute atomic E-state index is 12.4. The molecule has 2 aromatic carbocycles. The van der Waals surface area contributed by atoms with Gasteiger partial charge in [0.1, 0.15) is 0 Å². The van der Waals surface area contributed by atoms with Crippen molar-refractivity contribution in [1.82, 2.24) is 20.3 Å². The molecule has 4 aromatic rings. The average Bonchev–Trinajstić information content (AvgIpc) is 2.83. The number of pyridine rings is 1. The van der Waals surface area contributed by atoms with E-state index in [9.17, 15) is 4.79 Å². The molecule has 0 aliphatic heterocycles. The Bertz CT molecular complexity index is 1070. The number of nitrogens with zero attached hydrogens (tertiary/aromatic N) is 4. The third-order valence-electron chi connectivity index (χ3n) is 4.60. The van der Waals surface area contributed by atoms with Gasteiger partial charge in [-0.1, -0.05) is 48.5 Å². The second-order valence-electron chi connectivity index (χ2n) is 6.72. The zero-order valence-electron chi connectivity index (χ0n) is 16.3. The lowest BCUT2D eigenvalue weighted by Gasteiger charge is -2.23. The molecular formula is C24H21N5O. The number of aromatic nitrogens is 3. The van der Waals surface area contributed by atoms with E-state index >= 15 is 0 Å². The van der Waals surface area contributed by atoms with Gasteiger partial charge in [0.2, 0.25) is 5.95 Å². The monoisotopic (exact) mass is 395 g/mol. The number of nitrogens with one attached hydrogen (secondary N) is 1. The summed E-state index contributed by atoms with van der Waals surface area (Å²) in [7, 11) is 0. The van der Waals surface area contributed by atoms with Crippen molar-refractivity contribution in [2.45, 2.75) is 13.1 Å². The van der Waals surface area contributed by atoms with Gasteiger partial charge < -0.3 is 10.2 Å². The van der Waals surface area contributed by atoms with Gasteiger partial charge in [-0.15, -0.1) is 0 Å². The van der Waals surface area contributed by atoms with Crippen LogP contribution < -0.4 is 10.2 Å². The second kappa shape index (κ2) is 9.43. The van der Waals surface area contributed by atoms with Gasteiger partial charge in [0.05, 0.1) is 12.1 Å². The van der Waals surface area contributed by atoms with Crippen molar-refractivity contribution < 1.29 is 4.79 Å². The number of hydrogen-bond acceptors (Lipinski definition) is 5. The Labute approximate surface area is 175 Å². The lowest BCUT2D eigenvalue weighted by molar-refractivity contribution is 0.0950. The maximum Gasteiger partial charge on any atom is 0.254 e. The molecule has 1 amide bonds. The normalized spacial score (nSPS) is 10.4. The van der Waals surface area contributed by atoms with Gasteiger partial charge in [-0.05, 0) is 35.4 Å². The van der Waals surface area contributed by atoms with Crippen LogP contribution in [0, 0.1) is 0 Å². The molecule has 6 heteroatoms. The van der Waals surface area contributed by atoms with Gasteiger partial charge in [-0.25, -0.2) is 9.97 Å². The predicted octanol–water partition coefficient (Wildman–Crippen LogP) is 4.14. The molecule has 0 aliphatic carbocycles. The van der Waals surface area contributed by atoms with Gasteiger partial charge in [0, 0.05) is 37.0 Å². The summed E-state index contributed by atoms with van der Waals surface area (Å²) in [5.41, 5.74) is 3.52. The van der Waals surface area contributed by atoms with Gasteiger partial charge in [0.15, 0.2) is 0 Å². The second-order valence-corrected chi connectivity index (χ2v) is 6.72. The highest BCUT2D eigenvalue weighted by atomic mass is 16.1. The Morgan fingerprint density at radius 2 is 1.43 bits per heavy atom. The van der Waals surface area contributed by atoms with Crippen molar-refractivity contribution in [3.63, 3.8) is 0 Å². The van der Waals surface area contributed by atoms with Gasteiger partial charge in [-0.3, -0.25) is 9.78 Å². The van der Waals surface area contributed by atoms with E-state index in [1.54, 1.807) is 24.8 Å². The van der Waals surface area contributed by atoms with Crippen LogP contribution in [0.1, 0.15) is 21.5 Å². The van der Waals surface area contributed by atoms with Crippen molar-refractivity contribution in [3.8, 4) is 0 Å². The van der Waals surface area contributed by atoms with Gasteiger partial charge >= 0.3 is 0 Å². The molecule has 0 aliphatic rings. The molecule has 30 heavy (non-hydrogen) atoms. The Balaban J connectivity index is 1.51. The van der Waals surface area contributed by atoms with Crippen LogP contribution >= 0.6 is 0 Å². The zero-order valence-corrected chi connectivity index (χ0v) is 16.3. The molecule has 148 valence electrons. The molecule has 4 rings (SSSR count). The number of amides is 1. The van der Waals surface area contributed by atoms with Gasteiger partial charge in [-0.2, -0.15) is 0 Å². The third kappa shape index (κ3) is 4.86. The molecule has 0 bridgehead atoms. The standard InChI is InChI=1S/C24H21N5O/c30-23(26-15-19-11-13-25-14-12-19)21-16-27-24(28-17-21)29(22-9-5-2-6-10-22)18-20-7-3-1-4-8-20/h1-14,16-17H,15,18H2,(H,26,30). The van der Waals surface area contributed by atoms with Crippen LogP contribution in [0.2, 0.25) is 0 Å². The fourth-order valence-corrected chi connectivity index (χ4v) is 3.01. The summed E-state index contributed by atoms with van der Waals surface area (Å²) in [6.07, 6.45) is 6.52. The predicted molar refractivity (Wildman–Crippen MR) is 116 cm³/mol. The summed E-state index contributed by atoms with van der Waals surface area (Å²) in [6, 6.07) is 23.8. The molecule has 0 radical (unpaired) electrons. The van der Waals surface area contributed by atoms with E-state index in [0.29, 0.717) is 24.6 Å². The van der Waals surface area contributed by atoms with Crippen LogP contribution in [0.4, 0.5) is 11.6 Å². The Kier molecular flexibility index (Phi) is 6.05. The SMILES string of the molecule is O=C(NCc1ccncc1)c1cnc(N(Cc2ccccc2)c2ccccc2)nc1. The first-order valence-electron chi connectivity index (χ1n) is 9.65. The van der Waals surface area contributed by atoms with Crippen molar-refractivity contribution in [2.75, 3.05) is 4.90 Å². The molecule has 0 spiro atoms. The number of carbonyl (C=O) groups is 1. The molecule has 2 aromatic heterocycles. The van der Waals surface area contributed by atoms with E-state index in [1.807, 2.05) is 65.6 Å². The number of para-hydroxylation sites is 1. The van der Waals surface area contributed by atoms with Crippen molar-refractivity contribution >= 4 is 17.5 Å². The van der Waals surface area contributed by atoms with Crippen LogP contribution in [0.5, 0.6) is 0 Å². The number of carbonyl (C=O) groups excluding carboxylic acids is 1. The minimum atomic E-state index is -0.215. The number of anilines is 2. The molecule has 0 fully saturated rings. The summed E-state index contributed by atoms with van der Waals surface area (Å²) in [5, 5.41) is 2.88. The molecule has 0 saturated heterocycles. The minimum Gasteiger partial charge on any atom is -0.348 e. The summed E-state index contributed by atoms with van der Waals surface area (Å²) in [4.78, 5) is 27.4. The highest BCUT2D eigenvalue weighted by Gasteiger charge is 2.14. The van der Waals surface area contributed by atoms with E-state index in [4.69, 9.17) is 0 Å². The molecule has 0 saturated carbocycles. The van der Waals surface area contributed by atoms with Crippen molar-refractivity contribution in [2.24, 2.45) is 0 Å². The van der Waals surface area contributed by atoms with E-state index in [1.165, 1.54) is 0 Å². The summed E-state index contributed by atoms with van der Waals surface area (Å²) < 4.78 is 0. The Morgan fingerprint density at radius 1 is 0.800 bits per heavy atom. The first kappa shape index (κ1) is 19.3. The molecule has 0 atom stereocenters. The fourth-order valence-electron chi connectivity index (χ4n) is 3.01.